The van der Waals surface area contributed by atoms with E-state index in [-0.39, 0.29) is 18.4 Å². The van der Waals surface area contributed by atoms with E-state index in [1.807, 2.05) is 20.8 Å². The predicted molar refractivity (Wildman–Crippen MR) is 80.1 cm³/mol. The first-order valence-corrected chi connectivity index (χ1v) is 6.84. The van der Waals surface area contributed by atoms with E-state index in [9.17, 15) is 9.59 Å². The number of esters is 1. The fraction of sp³-hybridized carbons (Fsp3) is 0.429. The van der Waals surface area contributed by atoms with Gasteiger partial charge in [0, 0.05) is 0 Å². The molecule has 0 aromatic heterocycles. The molecule has 0 unspecified atom stereocenters. The largest absolute Gasteiger partial charge is 0.456 e. The maximum atomic E-state index is 11.7. The van der Waals surface area contributed by atoms with Crippen molar-refractivity contribution in [3.05, 3.63) is 28.2 Å². The molecular weight excluding hydrogens is 301 g/mol. The summed E-state index contributed by atoms with van der Waals surface area (Å²) in [5.74, 6) is -0.903. The van der Waals surface area contributed by atoms with Crippen LogP contribution in [0.25, 0.3) is 0 Å². The van der Waals surface area contributed by atoms with Crippen LogP contribution in [0.3, 0.4) is 0 Å². The highest BCUT2D eigenvalue weighted by Crippen LogP contribution is 2.29. The summed E-state index contributed by atoms with van der Waals surface area (Å²) in [6, 6.07) is 4.88. The van der Waals surface area contributed by atoms with E-state index in [4.69, 9.17) is 27.9 Å². The molecule has 0 atom stereocenters. The number of para-hydroxylation sites is 1. The standard InChI is InChI=1S/C14H17Cl2NO3/c1-14(2,3)7-12(19)20-8-11(18)17-13-9(15)5-4-6-10(13)16/h4-6H,7-8H2,1-3H3,(H,17,18). The fourth-order valence-electron chi connectivity index (χ4n) is 1.42. The van der Waals surface area contributed by atoms with Gasteiger partial charge in [-0.1, -0.05) is 50.0 Å². The summed E-state index contributed by atoms with van der Waals surface area (Å²) in [5.41, 5.74) is 0.132. The van der Waals surface area contributed by atoms with Crippen molar-refractivity contribution in [1.29, 1.82) is 0 Å². The summed E-state index contributed by atoms with van der Waals surface area (Å²) in [5, 5.41) is 3.17. The molecule has 0 heterocycles. The molecule has 1 aromatic rings. The molecule has 0 aliphatic carbocycles. The molecule has 4 nitrogen and oxygen atoms in total. The minimum Gasteiger partial charge on any atom is -0.456 e. The van der Waals surface area contributed by atoms with E-state index in [0.29, 0.717) is 15.7 Å². The number of hydrogen-bond donors (Lipinski definition) is 1. The third kappa shape index (κ3) is 5.80. The minimum atomic E-state index is -0.484. The van der Waals surface area contributed by atoms with E-state index in [2.05, 4.69) is 5.32 Å². The predicted octanol–water partition coefficient (Wildman–Crippen LogP) is 3.91. The molecular formula is C14H17Cl2NO3. The Morgan fingerprint density at radius 1 is 1.20 bits per heavy atom. The van der Waals surface area contributed by atoms with Crippen LogP contribution in [0.15, 0.2) is 18.2 Å². The van der Waals surface area contributed by atoms with Crippen LogP contribution < -0.4 is 5.32 Å². The highest BCUT2D eigenvalue weighted by Gasteiger charge is 2.18. The Balaban J connectivity index is 2.51. The number of carbonyl (C=O) groups excluding carboxylic acids is 2. The molecule has 1 rings (SSSR count). The van der Waals surface area contributed by atoms with Gasteiger partial charge in [0.15, 0.2) is 6.61 Å². The van der Waals surface area contributed by atoms with Gasteiger partial charge < -0.3 is 10.1 Å². The Kier molecular flexibility index (Phi) is 5.84. The number of benzene rings is 1. The molecule has 1 aromatic carbocycles. The molecule has 0 fully saturated rings. The quantitative estimate of drug-likeness (QED) is 0.856. The van der Waals surface area contributed by atoms with E-state index in [1.165, 1.54) is 0 Å². The molecule has 6 heteroatoms. The lowest BCUT2D eigenvalue weighted by molar-refractivity contribution is -0.149. The molecule has 0 aliphatic heterocycles. The minimum absolute atomic E-state index is 0.181. The van der Waals surface area contributed by atoms with Gasteiger partial charge in [0.05, 0.1) is 22.2 Å². The molecule has 0 saturated carbocycles. The SMILES string of the molecule is CC(C)(C)CC(=O)OCC(=O)Nc1c(Cl)cccc1Cl. The first-order chi connectivity index (χ1) is 9.19. The van der Waals surface area contributed by atoms with Crippen LogP contribution in [-0.4, -0.2) is 18.5 Å². The van der Waals surface area contributed by atoms with Crippen molar-refractivity contribution >= 4 is 40.8 Å². The summed E-state index contributed by atoms with van der Waals surface area (Å²) < 4.78 is 4.89. The number of nitrogens with one attached hydrogen (secondary N) is 1. The van der Waals surface area contributed by atoms with Crippen LogP contribution in [0.1, 0.15) is 27.2 Å². The topological polar surface area (TPSA) is 55.4 Å². The summed E-state index contributed by atoms with van der Waals surface area (Å²) >= 11 is 11.8. The van der Waals surface area contributed by atoms with Gasteiger partial charge in [0.1, 0.15) is 0 Å². The first-order valence-electron chi connectivity index (χ1n) is 6.08. The Bertz CT molecular complexity index is 489. The highest BCUT2D eigenvalue weighted by atomic mass is 35.5. The van der Waals surface area contributed by atoms with Crippen LogP contribution in [0.4, 0.5) is 5.69 Å². The van der Waals surface area contributed by atoms with Gasteiger partial charge in [0.2, 0.25) is 0 Å². The monoisotopic (exact) mass is 317 g/mol. The zero-order chi connectivity index (χ0) is 15.3. The van der Waals surface area contributed by atoms with Crippen molar-refractivity contribution in [2.24, 2.45) is 5.41 Å². The third-order valence-corrected chi connectivity index (χ3v) is 2.90. The molecule has 20 heavy (non-hydrogen) atoms. The number of amides is 1. The van der Waals surface area contributed by atoms with Gasteiger partial charge in [-0.25, -0.2) is 0 Å². The van der Waals surface area contributed by atoms with Crippen LogP contribution in [0, 0.1) is 5.41 Å². The van der Waals surface area contributed by atoms with E-state index in [0.717, 1.165) is 0 Å². The maximum absolute atomic E-state index is 11.7. The van der Waals surface area contributed by atoms with Crippen molar-refractivity contribution in [2.75, 3.05) is 11.9 Å². The Morgan fingerprint density at radius 3 is 2.25 bits per heavy atom. The van der Waals surface area contributed by atoms with Crippen LogP contribution in [0.2, 0.25) is 10.0 Å². The summed E-state index contributed by atoms with van der Waals surface area (Å²) in [6.45, 7) is 5.38. The van der Waals surface area contributed by atoms with Crippen molar-refractivity contribution in [1.82, 2.24) is 0 Å². The van der Waals surface area contributed by atoms with E-state index < -0.39 is 11.9 Å². The molecule has 0 radical (unpaired) electrons. The van der Waals surface area contributed by atoms with Crippen molar-refractivity contribution in [2.45, 2.75) is 27.2 Å². The number of carbonyl (C=O) groups is 2. The van der Waals surface area contributed by atoms with Gasteiger partial charge in [-0.3, -0.25) is 9.59 Å². The number of hydrogen-bond acceptors (Lipinski definition) is 3. The molecule has 1 N–H and O–H groups in total. The fourth-order valence-corrected chi connectivity index (χ4v) is 1.91. The van der Waals surface area contributed by atoms with Crippen molar-refractivity contribution in [3.63, 3.8) is 0 Å². The second-order valence-electron chi connectivity index (χ2n) is 5.54. The van der Waals surface area contributed by atoms with Crippen LogP contribution in [-0.2, 0) is 14.3 Å². The smallest absolute Gasteiger partial charge is 0.306 e. The summed E-state index contributed by atoms with van der Waals surface area (Å²) in [6.07, 6.45) is 0.243. The van der Waals surface area contributed by atoms with Crippen LogP contribution in [0.5, 0.6) is 0 Å². The zero-order valence-corrected chi connectivity index (χ0v) is 13.1. The lowest BCUT2D eigenvalue weighted by atomic mass is 9.93. The number of anilines is 1. The highest BCUT2D eigenvalue weighted by molar-refractivity contribution is 6.39. The average Bonchev–Trinajstić information content (AvgIpc) is 2.29. The molecule has 1 amide bonds. The zero-order valence-electron chi connectivity index (χ0n) is 11.6. The van der Waals surface area contributed by atoms with Gasteiger partial charge in [-0.2, -0.15) is 0 Å². The van der Waals surface area contributed by atoms with Gasteiger partial charge in [-0.05, 0) is 17.5 Å². The second-order valence-corrected chi connectivity index (χ2v) is 6.36. The van der Waals surface area contributed by atoms with Gasteiger partial charge in [0.25, 0.3) is 5.91 Å². The normalized spacial score (nSPS) is 11.1. The molecule has 0 aliphatic rings. The first kappa shape index (κ1) is 16.8. The number of rotatable bonds is 4. The lowest BCUT2D eigenvalue weighted by Gasteiger charge is -2.16. The van der Waals surface area contributed by atoms with E-state index in [1.54, 1.807) is 18.2 Å². The lowest BCUT2D eigenvalue weighted by Crippen LogP contribution is -2.23. The van der Waals surface area contributed by atoms with Gasteiger partial charge in [-0.15, -0.1) is 0 Å². The van der Waals surface area contributed by atoms with Gasteiger partial charge >= 0.3 is 5.97 Å². The Hall–Kier alpha value is -1.26. The van der Waals surface area contributed by atoms with Crippen LogP contribution >= 0.6 is 23.2 Å². The Labute approximate surface area is 128 Å². The summed E-state index contributed by atoms with van der Waals surface area (Å²) in [7, 11) is 0. The molecule has 0 bridgehead atoms. The molecule has 0 saturated heterocycles. The summed E-state index contributed by atoms with van der Waals surface area (Å²) in [4.78, 5) is 23.2. The van der Waals surface area contributed by atoms with Crippen molar-refractivity contribution < 1.29 is 14.3 Å². The second kappa shape index (κ2) is 6.95. The Morgan fingerprint density at radius 2 is 1.75 bits per heavy atom. The number of ether oxygens (including phenoxy) is 1. The number of halogens is 2. The van der Waals surface area contributed by atoms with E-state index >= 15 is 0 Å². The molecule has 0 spiro atoms. The third-order valence-electron chi connectivity index (χ3n) is 2.27. The average molecular weight is 318 g/mol. The maximum Gasteiger partial charge on any atom is 0.306 e. The van der Waals surface area contributed by atoms with Crippen molar-refractivity contribution in [3.8, 4) is 0 Å². The molecule has 110 valence electrons.